The zero-order chi connectivity index (χ0) is 14.8. The Morgan fingerprint density at radius 2 is 2.19 bits per heavy atom. The Bertz CT molecular complexity index is 745. The van der Waals surface area contributed by atoms with Gasteiger partial charge in [-0.15, -0.1) is 11.3 Å². The highest BCUT2D eigenvalue weighted by Crippen LogP contribution is 2.25. The number of pyridine rings is 1. The van der Waals surface area contributed by atoms with E-state index in [0.29, 0.717) is 6.54 Å². The molecule has 0 radical (unpaired) electrons. The zero-order valence-electron chi connectivity index (χ0n) is 12.3. The molecule has 0 aliphatic heterocycles. The molecule has 0 unspecified atom stereocenters. The van der Waals surface area contributed by atoms with Gasteiger partial charge in [0.2, 0.25) is 0 Å². The van der Waals surface area contributed by atoms with Gasteiger partial charge in [-0.3, -0.25) is 9.38 Å². The van der Waals surface area contributed by atoms with Gasteiger partial charge in [-0.2, -0.15) is 0 Å². The summed E-state index contributed by atoms with van der Waals surface area (Å²) in [6, 6.07) is 6.10. The summed E-state index contributed by atoms with van der Waals surface area (Å²) in [6.45, 7) is 3.37. The van der Waals surface area contributed by atoms with Crippen LogP contribution in [0, 0.1) is 6.92 Å². The number of thiazole rings is 1. The molecule has 3 rings (SSSR count). The third-order valence-electron chi connectivity index (χ3n) is 3.43. The fourth-order valence-corrected chi connectivity index (χ4v) is 3.23. The second-order valence-electron chi connectivity index (χ2n) is 5.10. The van der Waals surface area contributed by atoms with Crippen LogP contribution in [-0.4, -0.2) is 28.0 Å². The highest BCUT2D eigenvalue weighted by molar-refractivity contribution is 7.15. The quantitative estimate of drug-likeness (QED) is 0.785. The molecule has 0 saturated heterocycles. The van der Waals surface area contributed by atoms with E-state index in [2.05, 4.69) is 27.5 Å². The van der Waals surface area contributed by atoms with Crippen LogP contribution in [0.4, 0.5) is 5.82 Å². The van der Waals surface area contributed by atoms with Crippen LogP contribution in [0.15, 0.2) is 29.8 Å². The average molecular weight is 301 g/mol. The number of rotatable bonds is 5. The van der Waals surface area contributed by atoms with Gasteiger partial charge in [-0.25, -0.2) is 4.98 Å². The summed E-state index contributed by atoms with van der Waals surface area (Å²) in [5, 5.41) is 2.05. The van der Waals surface area contributed by atoms with Gasteiger partial charge in [-0.05, 0) is 25.6 Å². The van der Waals surface area contributed by atoms with E-state index in [-0.39, 0.29) is 0 Å². The molecule has 0 aliphatic carbocycles. The topological polar surface area (TPSA) is 59.5 Å². The Balaban J connectivity index is 1.91. The Morgan fingerprint density at radius 3 is 2.95 bits per heavy atom. The summed E-state index contributed by atoms with van der Waals surface area (Å²) in [5.74, 6) is 0.996. The zero-order valence-corrected chi connectivity index (χ0v) is 13.1. The Labute approximate surface area is 128 Å². The number of aromatic nitrogens is 3. The summed E-state index contributed by atoms with van der Waals surface area (Å²) in [6.07, 6.45) is 2.87. The highest BCUT2D eigenvalue weighted by atomic mass is 32.1. The van der Waals surface area contributed by atoms with Crippen molar-refractivity contribution in [3.8, 4) is 0 Å². The van der Waals surface area contributed by atoms with Crippen LogP contribution in [0.1, 0.15) is 17.1 Å². The van der Waals surface area contributed by atoms with Crippen molar-refractivity contribution in [1.29, 1.82) is 0 Å². The van der Waals surface area contributed by atoms with Gasteiger partial charge in [0.25, 0.3) is 0 Å². The summed E-state index contributed by atoms with van der Waals surface area (Å²) in [4.78, 5) is 12.4. The molecule has 0 aliphatic rings. The minimum absolute atomic E-state index is 0.618. The number of fused-ring (bicyclic) bond motifs is 1. The number of hydrogen-bond donors (Lipinski definition) is 1. The average Bonchev–Trinajstić information content (AvgIpc) is 3.01. The molecule has 0 aromatic carbocycles. The maximum absolute atomic E-state index is 5.75. The Morgan fingerprint density at radius 1 is 1.33 bits per heavy atom. The number of anilines is 1. The highest BCUT2D eigenvalue weighted by Gasteiger charge is 2.16. The van der Waals surface area contributed by atoms with Crippen LogP contribution in [0.2, 0.25) is 0 Å². The summed E-state index contributed by atoms with van der Waals surface area (Å²) < 4.78 is 2.13. The normalized spacial score (nSPS) is 11.2. The Kier molecular flexibility index (Phi) is 3.90. The maximum atomic E-state index is 5.75. The smallest absolute Gasteiger partial charge is 0.195 e. The molecular formula is C15H19N5S. The number of imidazole rings is 1. The van der Waals surface area contributed by atoms with E-state index < -0.39 is 0 Å². The van der Waals surface area contributed by atoms with E-state index in [9.17, 15) is 0 Å². The molecule has 3 heterocycles. The lowest BCUT2D eigenvalue weighted by Crippen LogP contribution is -2.20. The van der Waals surface area contributed by atoms with E-state index in [1.807, 2.05) is 30.5 Å². The molecule has 5 nitrogen and oxygen atoms in total. The van der Waals surface area contributed by atoms with Crippen molar-refractivity contribution >= 4 is 22.1 Å². The van der Waals surface area contributed by atoms with Gasteiger partial charge in [0.1, 0.15) is 0 Å². The predicted octanol–water partition coefficient (Wildman–Crippen LogP) is 2.24. The number of aryl methyl sites for hydroxylation is 1. The van der Waals surface area contributed by atoms with E-state index >= 15 is 0 Å². The first-order chi connectivity index (χ1) is 10.2. The van der Waals surface area contributed by atoms with Gasteiger partial charge in [-0.1, -0.05) is 6.07 Å². The third-order valence-corrected chi connectivity index (χ3v) is 4.18. The summed E-state index contributed by atoms with van der Waals surface area (Å²) in [7, 11) is 2.05. The van der Waals surface area contributed by atoms with Crippen LogP contribution in [-0.2, 0) is 13.0 Å². The predicted molar refractivity (Wildman–Crippen MR) is 86.9 cm³/mol. The van der Waals surface area contributed by atoms with Crippen LogP contribution in [0.25, 0.3) is 4.96 Å². The van der Waals surface area contributed by atoms with E-state index in [0.717, 1.165) is 35.1 Å². The molecule has 110 valence electrons. The monoisotopic (exact) mass is 301 g/mol. The molecule has 3 aromatic rings. The van der Waals surface area contributed by atoms with Crippen molar-refractivity contribution in [2.24, 2.45) is 5.73 Å². The van der Waals surface area contributed by atoms with E-state index in [1.165, 1.54) is 5.69 Å². The standard InChI is InChI=1S/C15H19N5S/c1-11-4-3-5-12(17-11)10-19(2)14-13(6-7-16)20-8-9-21-15(20)18-14/h3-5,8-9H,6-7,10,16H2,1-2H3. The minimum atomic E-state index is 0.618. The summed E-state index contributed by atoms with van der Waals surface area (Å²) in [5.41, 5.74) is 9.01. The first-order valence-electron chi connectivity index (χ1n) is 6.97. The van der Waals surface area contributed by atoms with Crippen molar-refractivity contribution in [3.63, 3.8) is 0 Å². The van der Waals surface area contributed by atoms with Crippen LogP contribution in [0.5, 0.6) is 0 Å². The van der Waals surface area contributed by atoms with Gasteiger partial charge < -0.3 is 10.6 Å². The largest absolute Gasteiger partial charge is 0.352 e. The number of nitrogens with two attached hydrogens (primary N) is 1. The van der Waals surface area contributed by atoms with Gasteiger partial charge in [0.05, 0.1) is 17.9 Å². The minimum Gasteiger partial charge on any atom is -0.352 e. The lowest BCUT2D eigenvalue weighted by molar-refractivity contribution is 0.837. The lowest BCUT2D eigenvalue weighted by Gasteiger charge is -2.18. The van der Waals surface area contributed by atoms with E-state index in [4.69, 9.17) is 10.7 Å². The fraction of sp³-hybridized carbons (Fsp3) is 0.333. The third kappa shape index (κ3) is 2.77. The second-order valence-corrected chi connectivity index (χ2v) is 5.98. The molecule has 0 bridgehead atoms. The second kappa shape index (κ2) is 5.83. The van der Waals surface area contributed by atoms with Crippen molar-refractivity contribution in [1.82, 2.24) is 14.4 Å². The van der Waals surface area contributed by atoms with E-state index in [1.54, 1.807) is 11.3 Å². The first kappa shape index (κ1) is 14.0. The van der Waals surface area contributed by atoms with Crippen molar-refractivity contribution in [2.45, 2.75) is 19.9 Å². The molecule has 3 aromatic heterocycles. The van der Waals surface area contributed by atoms with Crippen molar-refractivity contribution in [2.75, 3.05) is 18.5 Å². The SMILES string of the molecule is Cc1cccc(CN(C)c2nc3sccn3c2CCN)n1. The first-order valence-corrected chi connectivity index (χ1v) is 7.85. The fourth-order valence-electron chi connectivity index (χ4n) is 2.50. The molecule has 0 atom stereocenters. The van der Waals surface area contributed by atoms with Crippen molar-refractivity contribution < 1.29 is 0 Å². The van der Waals surface area contributed by atoms with Crippen LogP contribution >= 0.6 is 11.3 Å². The van der Waals surface area contributed by atoms with Crippen LogP contribution in [0.3, 0.4) is 0 Å². The summed E-state index contributed by atoms with van der Waals surface area (Å²) >= 11 is 1.64. The molecule has 2 N–H and O–H groups in total. The number of hydrogen-bond acceptors (Lipinski definition) is 5. The molecular weight excluding hydrogens is 282 g/mol. The maximum Gasteiger partial charge on any atom is 0.195 e. The molecule has 0 amide bonds. The number of nitrogens with zero attached hydrogens (tertiary/aromatic N) is 4. The Hall–Kier alpha value is -1.92. The van der Waals surface area contributed by atoms with Gasteiger partial charge in [0, 0.05) is 30.7 Å². The molecule has 0 spiro atoms. The molecule has 0 saturated carbocycles. The van der Waals surface area contributed by atoms with Crippen LogP contribution < -0.4 is 10.6 Å². The van der Waals surface area contributed by atoms with Gasteiger partial charge in [0.15, 0.2) is 10.8 Å². The van der Waals surface area contributed by atoms with Crippen molar-refractivity contribution in [3.05, 3.63) is 46.9 Å². The lowest BCUT2D eigenvalue weighted by atomic mass is 10.2. The molecule has 6 heteroatoms. The van der Waals surface area contributed by atoms with Gasteiger partial charge >= 0.3 is 0 Å². The molecule has 21 heavy (non-hydrogen) atoms. The molecule has 0 fully saturated rings.